The molecule has 3 aromatic carbocycles. The summed E-state index contributed by atoms with van der Waals surface area (Å²) >= 11 is 0. The van der Waals surface area contributed by atoms with Crippen molar-refractivity contribution in [3.63, 3.8) is 0 Å². The van der Waals surface area contributed by atoms with Crippen molar-refractivity contribution in [3.8, 4) is 11.3 Å². The van der Waals surface area contributed by atoms with Gasteiger partial charge in [-0.05, 0) is 35.2 Å². The molecule has 0 fully saturated rings. The lowest BCUT2D eigenvalue weighted by molar-refractivity contribution is -0.137. The van der Waals surface area contributed by atoms with Crippen molar-refractivity contribution < 1.29 is 22.7 Å². The van der Waals surface area contributed by atoms with Crippen LogP contribution in [0.4, 0.5) is 18.9 Å². The molecule has 1 aromatic heterocycles. The fourth-order valence-corrected chi connectivity index (χ4v) is 4.08. The van der Waals surface area contributed by atoms with Crippen LogP contribution in [0.25, 0.3) is 22.0 Å². The normalized spacial score (nSPS) is 13.9. The highest BCUT2D eigenvalue weighted by Gasteiger charge is 2.33. The number of nitrogens with one attached hydrogen (secondary N) is 1. The predicted molar refractivity (Wildman–Crippen MR) is 127 cm³/mol. The van der Waals surface area contributed by atoms with Crippen LogP contribution in [0.15, 0.2) is 95.5 Å². The zero-order valence-electron chi connectivity index (χ0n) is 18.3. The van der Waals surface area contributed by atoms with Crippen molar-refractivity contribution in [1.82, 2.24) is 4.98 Å². The number of fused-ring (bicyclic) bond motifs is 1. The van der Waals surface area contributed by atoms with Crippen LogP contribution in [-0.4, -0.2) is 17.4 Å². The Morgan fingerprint density at radius 3 is 2.43 bits per heavy atom. The van der Waals surface area contributed by atoms with E-state index in [4.69, 9.17) is 4.74 Å². The fourth-order valence-electron chi connectivity index (χ4n) is 4.08. The number of anilines is 1. The van der Waals surface area contributed by atoms with Crippen molar-refractivity contribution in [2.75, 3.05) is 11.4 Å². The number of halogens is 3. The molecule has 1 amide bonds. The number of rotatable bonds is 5. The maximum atomic E-state index is 13.4. The van der Waals surface area contributed by atoms with Gasteiger partial charge < -0.3 is 14.6 Å². The molecule has 35 heavy (non-hydrogen) atoms. The van der Waals surface area contributed by atoms with E-state index in [0.717, 1.165) is 11.6 Å². The van der Waals surface area contributed by atoms with Gasteiger partial charge in [-0.3, -0.25) is 9.59 Å². The first-order chi connectivity index (χ1) is 16.8. The van der Waals surface area contributed by atoms with E-state index in [-0.39, 0.29) is 29.1 Å². The van der Waals surface area contributed by atoms with E-state index >= 15 is 0 Å². The summed E-state index contributed by atoms with van der Waals surface area (Å²) in [7, 11) is 0. The zero-order chi connectivity index (χ0) is 24.6. The van der Waals surface area contributed by atoms with E-state index in [1.807, 2.05) is 30.3 Å². The third-order valence-corrected chi connectivity index (χ3v) is 5.80. The molecule has 0 aliphatic carbocycles. The lowest BCUT2D eigenvalue weighted by atomic mass is 10.0. The monoisotopic (exact) mass is 476 g/mol. The molecule has 0 bridgehead atoms. The molecule has 1 N–H and O–H groups in total. The number of aromatic amines is 1. The van der Waals surface area contributed by atoms with Crippen molar-refractivity contribution in [2.24, 2.45) is 0 Å². The number of carbonyl (C=O) groups excluding carboxylic acids is 1. The average Bonchev–Trinajstić information content (AvgIpc) is 3.23. The first kappa shape index (κ1) is 22.5. The molecule has 2 heterocycles. The summed E-state index contributed by atoms with van der Waals surface area (Å²) in [4.78, 5) is 29.4. The number of nitrogens with zero attached hydrogens (tertiary/aromatic N) is 1. The lowest BCUT2D eigenvalue weighted by Crippen LogP contribution is -2.25. The molecule has 0 radical (unpaired) electrons. The first-order valence-electron chi connectivity index (χ1n) is 10.8. The minimum absolute atomic E-state index is 0.0682. The van der Waals surface area contributed by atoms with Gasteiger partial charge >= 0.3 is 6.18 Å². The molecule has 0 unspecified atom stereocenters. The Balaban J connectivity index is 1.41. The van der Waals surface area contributed by atoms with Crippen molar-refractivity contribution in [1.29, 1.82) is 0 Å². The second-order valence-electron chi connectivity index (χ2n) is 8.14. The highest BCUT2D eigenvalue weighted by Crippen LogP contribution is 2.36. The van der Waals surface area contributed by atoms with Gasteiger partial charge in [0.25, 0.3) is 11.5 Å². The zero-order valence-corrected chi connectivity index (χ0v) is 18.3. The molecule has 4 aromatic rings. The van der Waals surface area contributed by atoms with Crippen molar-refractivity contribution in [2.45, 2.75) is 12.8 Å². The molecule has 5 nitrogen and oxygen atoms in total. The third kappa shape index (κ3) is 4.55. The number of ether oxygens (including phenoxy) is 1. The van der Waals surface area contributed by atoms with Crippen LogP contribution in [0.5, 0.6) is 0 Å². The lowest BCUT2D eigenvalue weighted by Gasteiger charge is -2.18. The number of alkyl halides is 3. The molecule has 0 spiro atoms. The van der Waals surface area contributed by atoms with E-state index in [9.17, 15) is 22.8 Å². The smallest absolute Gasteiger partial charge is 0.417 e. The van der Waals surface area contributed by atoms with Crippen LogP contribution in [0.2, 0.25) is 0 Å². The van der Waals surface area contributed by atoms with E-state index in [0.29, 0.717) is 23.4 Å². The molecule has 0 saturated carbocycles. The van der Waals surface area contributed by atoms with Gasteiger partial charge in [-0.15, -0.1) is 0 Å². The molecule has 176 valence electrons. The Kier molecular flexibility index (Phi) is 5.64. The highest BCUT2D eigenvalue weighted by atomic mass is 19.4. The number of amides is 1. The number of hydrogen-bond acceptors (Lipinski definition) is 3. The maximum absolute atomic E-state index is 13.4. The Morgan fingerprint density at radius 2 is 1.66 bits per heavy atom. The number of carbonyl (C=O) groups is 1. The molecule has 1 aliphatic rings. The van der Waals surface area contributed by atoms with Gasteiger partial charge in [-0.25, -0.2) is 0 Å². The summed E-state index contributed by atoms with van der Waals surface area (Å²) in [6, 6.07) is 21.0. The van der Waals surface area contributed by atoms with Gasteiger partial charge in [0.05, 0.1) is 12.1 Å². The Bertz CT molecular complexity index is 1510. The fraction of sp³-hybridized carbons (Fsp3) is 0.111. The molecule has 0 saturated heterocycles. The summed E-state index contributed by atoms with van der Waals surface area (Å²) in [5.41, 5.74) is 0.0474. The molecular weight excluding hydrogens is 457 g/mol. The van der Waals surface area contributed by atoms with Crippen LogP contribution in [0.1, 0.15) is 11.1 Å². The molecule has 1 aliphatic heterocycles. The third-order valence-electron chi connectivity index (χ3n) is 5.80. The van der Waals surface area contributed by atoms with Crippen LogP contribution in [0.3, 0.4) is 0 Å². The van der Waals surface area contributed by atoms with Gasteiger partial charge in [0.15, 0.2) is 0 Å². The Labute approximate surface area is 198 Å². The summed E-state index contributed by atoms with van der Waals surface area (Å²) in [5, 5.41) is 0.729. The Morgan fingerprint density at radius 1 is 0.914 bits per heavy atom. The van der Waals surface area contributed by atoms with Gasteiger partial charge in [-0.2, -0.15) is 13.2 Å². The van der Waals surface area contributed by atoms with Crippen molar-refractivity contribution in [3.05, 3.63) is 112 Å². The van der Waals surface area contributed by atoms with Crippen LogP contribution < -0.4 is 10.5 Å². The summed E-state index contributed by atoms with van der Waals surface area (Å²) in [5.74, 6) is 0.228. The van der Waals surface area contributed by atoms with Gasteiger partial charge in [-0.1, -0.05) is 54.6 Å². The maximum Gasteiger partial charge on any atom is 0.417 e. The second kappa shape index (κ2) is 8.79. The van der Waals surface area contributed by atoms with Gasteiger partial charge in [0, 0.05) is 28.4 Å². The quantitative estimate of drug-likeness (QED) is 0.404. The molecule has 0 atom stereocenters. The van der Waals surface area contributed by atoms with Crippen LogP contribution in [-0.2, 0) is 22.3 Å². The number of H-pyrrole nitrogens is 1. The topological polar surface area (TPSA) is 62.4 Å². The Hall–Kier alpha value is -4.33. The standard InChI is InChI=1S/C27H19F3N2O3/c28-27(29,30)23-9-5-4-8-21(23)24-12-18-10-11-19(13-22(18)26(34)31-24)32-15-20(14-25(32)33)35-16-17-6-2-1-3-7-17/h1-14H,15-16H2,(H,31,34). The highest BCUT2D eigenvalue weighted by molar-refractivity contribution is 6.05. The number of benzene rings is 3. The summed E-state index contributed by atoms with van der Waals surface area (Å²) in [6.07, 6.45) is -3.15. The van der Waals surface area contributed by atoms with Crippen LogP contribution in [0, 0.1) is 0 Å². The summed E-state index contributed by atoms with van der Waals surface area (Å²) in [6.45, 7) is 0.541. The number of hydrogen-bond donors (Lipinski definition) is 1. The molecule has 8 heteroatoms. The molecular formula is C27H19F3N2O3. The van der Waals surface area contributed by atoms with Crippen LogP contribution >= 0.6 is 0 Å². The summed E-state index contributed by atoms with van der Waals surface area (Å²) < 4.78 is 46.1. The minimum Gasteiger partial charge on any atom is -0.491 e. The number of aromatic nitrogens is 1. The van der Waals surface area contributed by atoms with Gasteiger partial charge in [0.2, 0.25) is 0 Å². The first-order valence-corrected chi connectivity index (χ1v) is 10.8. The average molecular weight is 476 g/mol. The van der Waals surface area contributed by atoms with Crippen molar-refractivity contribution >= 4 is 22.4 Å². The second-order valence-corrected chi connectivity index (χ2v) is 8.14. The van der Waals surface area contributed by atoms with E-state index < -0.39 is 17.3 Å². The van der Waals surface area contributed by atoms with E-state index in [1.54, 1.807) is 18.2 Å². The molecule has 5 rings (SSSR count). The predicted octanol–water partition coefficient (Wildman–Crippen LogP) is 5.66. The van der Waals surface area contributed by atoms with E-state index in [1.165, 1.54) is 35.2 Å². The largest absolute Gasteiger partial charge is 0.491 e. The SMILES string of the molecule is O=C1C=C(OCc2ccccc2)CN1c1ccc2cc(-c3ccccc3C(F)(F)F)[nH]c(=O)c2c1. The number of pyridine rings is 1. The van der Waals surface area contributed by atoms with Gasteiger partial charge in [0.1, 0.15) is 12.4 Å². The van der Waals surface area contributed by atoms with E-state index in [2.05, 4.69) is 4.98 Å². The minimum atomic E-state index is -4.56.